The van der Waals surface area contributed by atoms with Crippen LogP contribution in [-0.2, 0) is 14.3 Å². The molecule has 0 aromatic carbocycles. The van der Waals surface area contributed by atoms with Gasteiger partial charge in [0.1, 0.15) is 0 Å². The molecule has 0 bridgehead atoms. The van der Waals surface area contributed by atoms with Gasteiger partial charge in [-0.2, -0.15) is 0 Å². The standard InChI is InChI=1S/C17H28N2O3/c1-22-13-10-18-16(20)7-6-14-8-11-19(12-9-14)17(21)15-4-2-3-5-15/h4,14H,2-3,5-13H2,1H3,(H,18,20). The zero-order valence-electron chi connectivity index (χ0n) is 13.6. The predicted octanol–water partition coefficient (Wildman–Crippen LogP) is 1.88. The minimum Gasteiger partial charge on any atom is -0.383 e. The number of amides is 2. The Morgan fingerprint density at radius 1 is 1.36 bits per heavy atom. The fourth-order valence-corrected chi connectivity index (χ4v) is 3.21. The van der Waals surface area contributed by atoms with E-state index in [0.717, 1.165) is 57.2 Å². The number of allylic oxidation sites excluding steroid dienone is 1. The second-order valence-electron chi connectivity index (χ2n) is 6.24. The van der Waals surface area contributed by atoms with Crippen molar-refractivity contribution in [3.05, 3.63) is 11.6 Å². The fourth-order valence-electron chi connectivity index (χ4n) is 3.21. The topological polar surface area (TPSA) is 58.6 Å². The molecule has 1 aliphatic carbocycles. The molecule has 0 radical (unpaired) electrons. The van der Waals surface area contributed by atoms with Crippen molar-refractivity contribution in [2.45, 2.75) is 44.9 Å². The Bertz CT molecular complexity index is 412. The van der Waals surface area contributed by atoms with E-state index < -0.39 is 0 Å². The number of hydrogen-bond acceptors (Lipinski definition) is 3. The third-order valence-corrected chi connectivity index (χ3v) is 4.63. The van der Waals surface area contributed by atoms with E-state index in [1.165, 1.54) is 0 Å². The van der Waals surface area contributed by atoms with Crippen LogP contribution in [0.4, 0.5) is 0 Å². The molecule has 0 atom stereocenters. The second-order valence-corrected chi connectivity index (χ2v) is 6.24. The van der Waals surface area contributed by atoms with E-state index in [-0.39, 0.29) is 11.8 Å². The molecule has 1 N–H and O–H groups in total. The van der Waals surface area contributed by atoms with Gasteiger partial charge in [0.05, 0.1) is 6.61 Å². The van der Waals surface area contributed by atoms with E-state index >= 15 is 0 Å². The summed E-state index contributed by atoms with van der Waals surface area (Å²) in [5.74, 6) is 0.912. The van der Waals surface area contributed by atoms with Crippen LogP contribution < -0.4 is 5.32 Å². The van der Waals surface area contributed by atoms with Gasteiger partial charge < -0.3 is 15.0 Å². The van der Waals surface area contributed by atoms with Crippen LogP contribution in [0.5, 0.6) is 0 Å². The number of ether oxygens (including phenoxy) is 1. The predicted molar refractivity (Wildman–Crippen MR) is 85.4 cm³/mol. The van der Waals surface area contributed by atoms with Crippen LogP contribution in [0.25, 0.3) is 0 Å². The van der Waals surface area contributed by atoms with Crippen molar-refractivity contribution in [2.24, 2.45) is 5.92 Å². The van der Waals surface area contributed by atoms with Crippen LogP contribution >= 0.6 is 0 Å². The largest absolute Gasteiger partial charge is 0.383 e. The van der Waals surface area contributed by atoms with E-state index in [4.69, 9.17) is 4.74 Å². The third-order valence-electron chi connectivity index (χ3n) is 4.63. The SMILES string of the molecule is COCCNC(=O)CCC1CCN(C(=O)C2=CCCC2)CC1. The van der Waals surface area contributed by atoms with Crippen LogP contribution in [0.2, 0.25) is 0 Å². The normalized spacial score (nSPS) is 19.1. The fraction of sp³-hybridized carbons (Fsp3) is 0.765. The maximum absolute atomic E-state index is 12.3. The first-order valence-electron chi connectivity index (χ1n) is 8.44. The molecule has 0 unspecified atom stereocenters. The highest BCUT2D eigenvalue weighted by molar-refractivity contribution is 5.93. The van der Waals surface area contributed by atoms with Gasteiger partial charge in [0.15, 0.2) is 0 Å². The van der Waals surface area contributed by atoms with E-state index in [2.05, 4.69) is 11.4 Å². The Morgan fingerprint density at radius 2 is 2.14 bits per heavy atom. The Kier molecular flexibility index (Phi) is 6.90. The van der Waals surface area contributed by atoms with Gasteiger partial charge in [-0.25, -0.2) is 0 Å². The molecule has 1 heterocycles. The zero-order chi connectivity index (χ0) is 15.8. The van der Waals surface area contributed by atoms with Crippen LogP contribution in [0.3, 0.4) is 0 Å². The summed E-state index contributed by atoms with van der Waals surface area (Å²) in [6.45, 7) is 2.82. The summed E-state index contributed by atoms with van der Waals surface area (Å²) in [6, 6.07) is 0. The number of carbonyl (C=O) groups excluding carboxylic acids is 2. The third kappa shape index (κ3) is 5.13. The number of rotatable bonds is 7. The Hall–Kier alpha value is -1.36. The summed E-state index contributed by atoms with van der Waals surface area (Å²) >= 11 is 0. The summed E-state index contributed by atoms with van der Waals surface area (Å²) in [7, 11) is 1.63. The highest BCUT2D eigenvalue weighted by Crippen LogP contribution is 2.25. The van der Waals surface area contributed by atoms with Crippen molar-refractivity contribution in [1.29, 1.82) is 0 Å². The van der Waals surface area contributed by atoms with Crippen molar-refractivity contribution < 1.29 is 14.3 Å². The van der Waals surface area contributed by atoms with Crippen molar-refractivity contribution in [2.75, 3.05) is 33.4 Å². The molecule has 2 aliphatic rings. The molecule has 1 saturated heterocycles. The first-order chi connectivity index (χ1) is 10.7. The average molecular weight is 308 g/mol. The number of hydrogen-bond donors (Lipinski definition) is 1. The molecule has 2 amide bonds. The lowest BCUT2D eigenvalue weighted by atomic mass is 9.91. The maximum Gasteiger partial charge on any atom is 0.249 e. The molecular weight excluding hydrogens is 280 g/mol. The van der Waals surface area contributed by atoms with Crippen molar-refractivity contribution in [1.82, 2.24) is 10.2 Å². The van der Waals surface area contributed by atoms with Gasteiger partial charge in [-0.1, -0.05) is 6.08 Å². The Labute approximate surface area is 133 Å². The van der Waals surface area contributed by atoms with Crippen molar-refractivity contribution in [3.63, 3.8) is 0 Å². The van der Waals surface area contributed by atoms with Crippen LogP contribution in [0.1, 0.15) is 44.9 Å². The number of likely N-dealkylation sites (tertiary alicyclic amines) is 1. The van der Waals surface area contributed by atoms with Gasteiger partial charge >= 0.3 is 0 Å². The number of nitrogens with one attached hydrogen (secondary N) is 1. The molecule has 1 aliphatic heterocycles. The first kappa shape index (κ1) is 17.0. The van der Waals surface area contributed by atoms with E-state index in [1.54, 1.807) is 7.11 Å². The molecule has 124 valence electrons. The van der Waals surface area contributed by atoms with Crippen LogP contribution in [0.15, 0.2) is 11.6 Å². The molecule has 0 aromatic rings. The van der Waals surface area contributed by atoms with E-state index in [0.29, 0.717) is 25.5 Å². The first-order valence-corrected chi connectivity index (χ1v) is 8.44. The lowest BCUT2D eigenvalue weighted by molar-refractivity contribution is -0.129. The van der Waals surface area contributed by atoms with Gasteiger partial charge in [-0.05, 0) is 44.4 Å². The number of piperidine rings is 1. The van der Waals surface area contributed by atoms with Crippen molar-refractivity contribution in [3.8, 4) is 0 Å². The Morgan fingerprint density at radius 3 is 2.77 bits per heavy atom. The molecule has 0 spiro atoms. The number of carbonyl (C=O) groups is 2. The quantitative estimate of drug-likeness (QED) is 0.731. The highest BCUT2D eigenvalue weighted by Gasteiger charge is 2.25. The van der Waals surface area contributed by atoms with Gasteiger partial charge in [0.2, 0.25) is 11.8 Å². The molecule has 22 heavy (non-hydrogen) atoms. The second kappa shape index (κ2) is 8.93. The smallest absolute Gasteiger partial charge is 0.249 e. The summed E-state index contributed by atoms with van der Waals surface area (Å²) < 4.78 is 4.91. The summed E-state index contributed by atoms with van der Waals surface area (Å²) in [5, 5.41) is 2.85. The molecule has 0 saturated carbocycles. The number of nitrogens with zero attached hydrogens (tertiary/aromatic N) is 1. The van der Waals surface area contributed by atoms with Crippen LogP contribution in [-0.4, -0.2) is 50.1 Å². The lowest BCUT2D eigenvalue weighted by Crippen LogP contribution is -2.39. The zero-order valence-corrected chi connectivity index (χ0v) is 13.6. The van der Waals surface area contributed by atoms with E-state index in [1.807, 2.05) is 4.90 Å². The monoisotopic (exact) mass is 308 g/mol. The number of methoxy groups -OCH3 is 1. The van der Waals surface area contributed by atoms with E-state index in [9.17, 15) is 9.59 Å². The lowest BCUT2D eigenvalue weighted by Gasteiger charge is -2.32. The molecule has 1 fully saturated rings. The molecule has 0 aromatic heterocycles. The molecule has 2 rings (SSSR count). The van der Waals surface area contributed by atoms with Gasteiger partial charge in [0.25, 0.3) is 0 Å². The van der Waals surface area contributed by atoms with Gasteiger partial charge in [-0.3, -0.25) is 9.59 Å². The summed E-state index contributed by atoms with van der Waals surface area (Å²) in [4.78, 5) is 26.0. The minimum absolute atomic E-state index is 0.103. The maximum atomic E-state index is 12.3. The van der Waals surface area contributed by atoms with Gasteiger partial charge in [-0.15, -0.1) is 0 Å². The summed E-state index contributed by atoms with van der Waals surface area (Å²) in [5.41, 5.74) is 1.01. The molecule has 5 nitrogen and oxygen atoms in total. The van der Waals surface area contributed by atoms with Crippen LogP contribution in [0, 0.1) is 5.92 Å². The highest BCUT2D eigenvalue weighted by atomic mass is 16.5. The van der Waals surface area contributed by atoms with Gasteiger partial charge in [0, 0.05) is 38.7 Å². The average Bonchev–Trinajstić information content (AvgIpc) is 3.07. The molecular formula is C17H28N2O3. The molecule has 5 heteroatoms. The van der Waals surface area contributed by atoms with Crippen molar-refractivity contribution >= 4 is 11.8 Å². The summed E-state index contributed by atoms with van der Waals surface area (Å²) in [6.07, 6.45) is 8.75. The Balaban J connectivity index is 1.62. The minimum atomic E-state index is 0.103.